The van der Waals surface area contributed by atoms with Crippen molar-refractivity contribution >= 4 is 0 Å². The summed E-state index contributed by atoms with van der Waals surface area (Å²) in [5.74, 6) is 0.811. The van der Waals surface area contributed by atoms with Crippen LogP contribution in [0.1, 0.15) is 45.4 Å². The van der Waals surface area contributed by atoms with Crippen LogP contribution in [0.4, 0.5) is 0 Å². The van der Waals surface area contributed by atoms with Crippen LogP contribution >= 0.6 is 0 Å². The van der Waals surface area contributed by atoms with Crippen LogP contribution < -0.4 is 11.1 Å². The second kappa shape index (κ2) is 8.04. The molecule has 0 aromatic carbocycles. The zero-order valence-electron chi connectivity index (χ0n) is 10.9. The quantitative estimate of drug-likeness (QED) is 0.700. The standard InChI is InChI=1S/C13H28N2O/c1-11-6-3-4-8-13(11)15-12(10-16-2)7-5-9-14/h11-13,15H,3-10,14H2,1-2H3. The van der Waals surface area contributed by atoms with Gasteiger partial charge in [0, 0.05) is 19.2 Å². The predicted molar refractivity (Wildman–Crippen MR) is 68.5 cm³/mol. The summed E-state index contributed by atoms with van der Waals surface area (Å²) in [5, 5.41) is 3.76. The van der Waals surface area contributed by atoms with E-state index in [0.717, 1.165) is 31.9 Å². The SMILES string of the molecule is COCC(CCCN)NC1CCCCC1C. The molecule has 0 aromatic rings. The van der Waals surface area contributed by atoms with Crippen LogP contribution in [0.5, 0.6) is 0 Å². The Morgan fingerprint density at radius 1 is 1.38 bits per heavy atom. The molecule has 0 radical (unpaired) electrons. The first-order valence-electron chi connectivity index (χ1n) is 6.73. The summed E-state index contributed by atoms with van der Waals surface area (Å²) in [6.45, 7) is 3.95. The molecular formula is C13H28N2O. The summed E-state index contributed by atoms with van der Waals surface area (Å²) in [6, 6.07) is 1.17. The molecule has 1 fully saturated rings. The Morgan fingerprint density at radius 2 is 2.12 bits per heavy atom. The number of rotatable bonds is 7. The summed E-state index contributed by atoms with van der Waals surface area (Å²) >= 11 is 0. The highest BCUT2D eigenvalue weighted by Crippen LogP contribution is 2.24. The Hall–Kier alpha value is -0.120. The van der Waals surface area contributed by atoms with E-state index in [9.17, 15) is 0 Å². The summed E-state index contributed by atoms with van der Waals surface area (Å²) in [6.07, 6.45) is 7.68. The third kappa shape index (κ3) is 4.81. The summed E-state index contributed by atoms with van der Waals surface area (Å²) in [4.78, 5) is 0. The molecule has 3 nitrogen and oxygen atoms in total. The maximum Gasteiger partial charge on any atom is 0.0615 e. The molecular weight excluding hydrogens is 200 g/mol. The predicted octanol–water partition coefficient (Wildman–Crippen LogP) is 1.91. The molecule has 1 rings (SSSR count). The van der Waals surface area contributed by atoms with E-state index < -0.39 is 0 Å². The Morgan fingerprint density at radius 3 is 2.75 bits per heavy atom. The lowest BCUT2D eigenvalue weighted by Gasteiger charge is -2.33. The van der Waals surface area contributed by atoms with Gasteiger partial charge >= 0.3 is 0 Å². The maximum absolute atomic E-state index is 5.56. The van der Waals surface area contributed by atoms with Crippen molar-refractivity contribution < 1.29 is 4.74 Å². The molecule has 0 spiro atoms. The van der Waals surface area contributed by atoms with Crippen LogP contribution in [0.2, 0.25) is 0 Å². The van der Waals surface area contributed by atoms with E-state index in [2.05, 4.69) is 12.2 Å². The Labute approximate surface area is 100 Å². The van der Waals surface area contributed by atoms with Gasteiger partial charge in [-0.2, -0.15) is 0 Å². The van der Waals surface area contributed by atoms with E-state index in [1.54, 1.807) is 7.11 Å². The number of hydrogen-bond acceptors (Lipinski definition) is 3. The molecule has 0 aliphatic heterocycles. The van der Waals surface area contributed by atoms with Crippen molar-refractivity contribution in [3.05, 3.63) is 0 Å². The van der Waals surface area contributed by atoms with Crippen molar-refractivity contribution in [3.63, 3.8) is 0 Å². The number of ether oxygens (including phenoxy) is 1. The molecule has 0 amide bonds. The van der Waals surface area contributed by atoms with Gasteiger partial charge in [-0.1, -0.05) is 19.8 Å². The van der Waals surface area contributed by atoms with Crippen molar-refractivity contribution in [2.45, 2.75) is 57.5 Å². The molecule has 16 heavy (non-hydrogen) atoms. The van der Waals surface area contributed by atoms with Gasteiger partial charge in [0.1, 0.15) is 0 Å². The van der Waals surface area contributed by atoms with Crippen LogP contribution in [0.3, 0.4) is 0 Å². The monoisotopic (exact) mass is 228 g/mol. The Kier molecular flexibility index (Phi) is 7.01. The molecule has 0 bridgehead atoms. The zero-order valence-corrected chi connectivity index (χ0v) is 10.9. The van der Waals surface area contributed by atoms with Crippen molar-refractivity contribution in [2.75, 3.05) is 20.3 Å². The molecule has 0 saturated heterocycles. The number of nitrogens with two attached hydrogens (primary N) is 1. The normalized spacial score (nSPS) is 27.9. The van der Waals surface area contributed by atoms with Crippen molar-refractivity contribution in [2.24, 2.45) is 11.7 Å². The molecule has 3 N–H and O–H groups in total. The van der Waals surface area contributed by atoms with E-state index >= 15 is 0 Å². The lowest BCUT2D eigenvalue weighted by atomic mass is 9.85. The van der Waals surface area contributed by atoms with Gasteiger partial charge in [-0.3, -0.25) is 0 Å². The van der Waals surface area contributed by atoms with Crippen LogP contribution in [-0.4, -0.2) is 32.3 Å². The van der Waals surface area contributed by atoms with Crippen molar-refractivity contribution in [1.82, 2.24) is 5.32 Å². The first-order valence-corrected chi connectivity index (χ1v) is 6.73. The third-order valence-corrected chi connectivity index (χ3v) is 3.69. The van der Waals surface area contributed by atoms with Gasteiger partial charge in [-0.25, -0.2) is 0 Å². The topological polar surface area (TPSA) is 47.3 Å². The van der Waals surface area contributed by atoms with E-state index in [4.69, 9.17) is 10.5 Å². The molecule has 1 aliphatic rings. The van der Waals surface area contributed by atoms with Crippen LogP contribution in [0.15, 0.2) is 0 Å². The minimum absolute atomic E-state index is 0.485. The summed E-state index contributed by atoms with van der Waals surface area (Å²) in [7, 11) is 1.78. The fourth-order valence-electron chi connectivity index (χ4n) is 2.65. The average Bonchev–Trinajstić information content (AvgIpc) is 2.29. The molecule has 3 unspecified atom stereocenters. The van der Waals surface area contributed by atoms with Crippen molar-refractivity contribution in [3.8, 4) is 0 Å². The molecule has 3 heteroatoms. The minimum atomic E-state index is 0.485. The minimum Gasteiger partial charge on any atom is -0.383 e. The Bertz CT molecular complexity index is 175. The lowest BCUT2D eigenvalue weighted by molar-refractivity contribution is 0.141. The van der Waals surface area contributed by atoms with Crippen LogP contribution in [0.25, 0.3) is 0 Å². The molecule has 96 valence electrons. The van der Waals surface area contributed by atoms with Gasteiger partial charge in [0.05, 0.1) is 6.61 Å². The first-order chi connectivity index (χ1) is 7.77. The van der Waals surface area contributed by atoms with Crippen LogP contribution in [-0.2, 0) is 4.74 Å². The van der Waals surface area contributed by atoms with Gasteiger partial charge < -0.3 is 15.8 Å². The van der Waals surface area contributed by atoms with Crippen molar-refractivity contribution in [1.29, 1.82) is 0 Å². The third-order valence-electron chi connectivity index (χ3n) is 3.69. The fraction of sp³-hybridized carbons (Fsp3) is 1.00. The zero-order chi connectivity index (χ0) is 11.8. The number of hydrogen-bond donors (Lipinski definition) is 2. The highest BCUT2D eigenvalue weighted by atomic mass is 16.5. The van der Waals surface area contributed by atoms with E-state index in [1.807, 2.05) is 0 Å². The Balaban J connectivity index is 2.33. The molecule has 0 heterocycles. The average molecular weight is 228 g/mol. The highest BCUT2D eigenvalue weighted by Gasteiger charge is 2.23. The van der Waals surface area contributed by atoms with Gasteiger partial charge in [-0.05, 0) is 38.1 Å². The van der Waals surface area contributed by atoms with Gasteiger partial charge in [0.25, 0.3) is 0 Å². The lowest BCUT2D eigenvalue weighted by Crippen LogP contribution is -2.45. The first kappa shape index (κ1) is 13.9. The largest absolute Gasteiger partial charge is 0.383 e. The number of methoxy groups -OCH3 is 1. The summed E-state index contributed by atoms with van der Waals surface area (Å²) < 4.78 is 5.27. The molecule has 1 saturated carbocycles. The van der Waals surface area contributed by atoms with Crippen LogP contribution in [0, 0.1) is 5.92 Å². The number of nitrogens with one attached hydrogen (secondary N) is 1. The van der Waals surface area contributed by atoms with E-state index in [-0.39, 0.29) is 0 Å². The highest BCUT2D eigenvalue weighted by molar-refractivity contribution is 4.81. The second-order valence-corrected chi connectivity index (χ2v) is 5.12. The summed E-state index contributed by atoms with van der Waals surface area (Å²) in [5.41, 5.74) is 5.56. The van der Waals surface area contributed by atoms with E-state index in [0.29, 0.717) is 12.1 Å². The second-order valence-electron chi connectivity index (χ2n) is 5.12. The van der Waals surface area contributed by atoms with E-state index in [1.165, 1.54) is 25.7 Å². The molecule has 0 aromatic heterocycles. The van der Waals surface area contributed by atoms with Gasteiger partial charge in [0.2, 0.25) is 0 Å². The fourth-order valence-corrected chi connectivity index (χ4v) is 2.65. The smallest absolute Gasteiger partial charge is 0.0615 e. The maximum atomic E-state index is 5.56. The van der Waals surface area contributed by atoms with Gasteiger partial charge in [-0.15, -0.1) is 0 Å². The van der Waals surface area contributed by atoms with Gasteiger partial charge in [0.15, 0.2) is 0 Å². The molecule has 3 atom stereocenters. The molecule has 1 aliphatic carbocycles.